The van der Waals surface area contributed by atoms with Gasteiger partial charge in [0.2, 0.25) is 5.95 Å². The average molecular weight is 391 g/mol. The summed E-state index contributed by atoms with van der Waals surface area (Å²) in [5.74, 6) is 0.0288. The molecule has 3 N–H and O–H groups in total. The molecule has 0 saturated heterocycles. The van der Waals surface area contributed by atoms with Crippen molar-refractivity contribution < 1.29 is 23.0 Å². The van der Waals surface area contributed by atoms with Crippen LogP contribution in [0.5, 0.6) is 5.75 Å². The van der Waals surface area contributed by atoms with Gasteiger partial charge in [0.15, 0.2) is 5.75 Å². The van der Waals surface area contributed by atoms with E-state index in [4.69, 9.17) is 5.11 Å². The molecule has 1 aromatic carbocycles. The number of aliphatic hydroxyl groups excluding tert-OH is 1. The molecule has 2 heterocycles. The standard InChI is InChI=1S/C18H16F3N5O2/c19-18(20,21)28-15-7-2-1-6-13(15)24-16-11-14(12-5-3-4-8-22-12)25-17(26-16)23-9-10-27/h1-8,11,27H,9-10H2,(H2,23,24,25,26). The molecule has 0 aliphatic heterocycles. The maximum atomic E-state index is 12.6. The molecule has 0 unspecified atom stereocenters. The Balaban J connectivity index is 1.95. The highest BCUT2D eigenvalue weighted by Crippen LogP contribution is 2.32. The fourth-order valence-corrected chi connectivity index (χ4v) is 2.33. The van der Waals surface area contributed by atoms with Crippen molar-refractivity contribution >= 4 is 17.5 Å². The van der Waals surface area contributed by atoms with Crippen molar-refractivity contribution in [2.24, 2.45) is 0 Å². The molecular weight excluding hydrogens is 375 g/mol. The van der Waals surface area contributed by atoms with Crippen molar-refractivity contribution in [3.8, 4) is 17.1 Å². The number of nitrogens with zero attached hydrogens (tertiary/aromatic N) is 3. The molecule has 146 valence electrons. The average Bonchev–Trinajstić information content (AvgIpc) is 2.67. The summed E-state index contributed by atoms with van der Waals surface area (Å²) < 4.78 is 41.9. The van der Waals surface area contributed by atoms with Gasteiger partial charge in [-0.15, -0.1) is 13.2 Å². The number of aliphatic hydroxyl groups is 1. The molecular formula is C18H16F3N5O2. The van der Waals surface area contributed by atoms with Gasteiger partial charge in [0.05, 0.1) is 23.7 Å². The van der Waals surface area contributed by atoms with E-state index in [0.717, 1.165) is 0 Å². The van der Waals surface area contributed by atoms with Gasteiger partial charge in [0.25, 0.3) is 0 Å². The number of pyridine rings is 1. The molecule has 3 aromatic rings. The summed E-state index contributed by atoms with van der Waals surface area (Å²) >= 11 is 0. The van der Waals surface area contributed by atoms with Gasteiger partial charge < -0.3 is 20.5 Å². The lowest BCUT2D eigenvalue weighted by molar-refractivity contribution is -0.274. The van der Waals surface area contributed by atoms with Crippen molar-refractivity contribution in [2.75, 3.05) is 23.8 Å². The number of nitrogens with one attached hydrogen (secondary N) is 2. The summed E-state index contributed by atoms with van der Waals surface area (Å²) in [4.78, 5) is 12.8. The molecule has 0 fully saturated rings. The van der Waals surface area contributed by atoms with E-state index >= 15 is 0 Å². The van der Waals surface area contributed by atoms with E-state index in [9.17, 15) is 13.2 Å². The molecule has 7 nitrogen and oxygen atoms in total. The first-order valence-corrected chi connectivity index (χ1v) is 8.21. The Morgan fingerprint density at radius 3 is 2.50 bits per heavy atom. The maximum Gasteiger partial charge on any atom is 0.573 e. The Bertz CT molecular complexity index is 923. The van der Waals surface area contributed by atoms with Crippen LogP contribution < -0.4 is 15.4 Å². The van der Waals surface area contributed by atoms with Gasteiger partial charge in [-0.25, -0.2) is 4.98 Å². The van der Waals surface area contributed by atoms with Crippen LogP contribution in [0.1, 0.15) is 0 Å². The number of anilines is 3. The van der Waals surface area contributed by atoms with Gasteiger partial charge in [-0.05, 0) is 24.3 Å². The van der Waals surface area contributed by atoms with Gasteiger partial charge in [0.1, 0.15) is 5.82 Å². The molecule has 0 radical (unpaired) electrons. The highest BCUT2D eigenvalue weighted by Gasteiger charge is 2.32. The van der Waals surface area contributed by atoms with Crippen LogP contribution in [0.25, 0.3) is 11.4 Å². The van der Waals surface area contributed by atoms with Crippen LogP contribution in [0.3, 0.4) is 0 Å². The number of para-hydroxylation sites is 2. The summed E-state index contributed by atoms with van der Waals surface area (Å²) in [5, 5.41) is 14.6. The Hall–Kier alpha value is -3.40. The van der Waals surface area contributed by atoms with E-state index in [1.807, 2.05) is 0 Å². The van der Waals surface area contributed by atoms with Crippen LogP contribution in [0.15, 0.2) is 54.7 Å². The Morgan fingerprint density at radius 2 is 1.79 bits per heavy atom. The minimum absolute atomic E-state index is 0.0820. The lowest BCUT2D eigenvalue weighted by Gasteiger charge is -2.15. The number of benzene rings is 1. The molecule has 0 saturated carbocycles. The molecule has 3 rings (SSSR count). The first-order valence-electron chi connectivity index (χ1n) is 8.21. The van der Waals surface area contributed by atoms with Crippen LogP contribution in [0, 0.1) is 0 Å². The fraction of sp³-hybridized carbons (Fsp3) is 0.167. The zero-order chi connectivity index (χ0) is 20.0. The molecule has 10 heteroatoms. The molecule has 0 spiro atoms. The van der Waals surface area contributed by atoms with E-state index in [0.29, 0.717) is 11.4 Å². The minimum Gasteiger partial charge on any atom is -0.404 e. The van der Waals surface area contributed by atoms with Crippen LogP contribution in [0.4, 0.5) is 30.6 Å². The summed E-state index contributed by atoms with van der Waals surface area (Å²) in [6.07, 6.45) is -3.23. The Kier molecular flexibility index (Phi) is 5.90. The van der Waals surface area contributed by atoms with Crippen LogP contribution in [-0.2, 0) is 0 Å². The summed E-state index contributed by atoms with van der Waals surface area (Å²) in [6.45, 7) is 0.0705. The predicted molar refractivity (Wildman–Crippen MR) is 97.2 cm³/mol. The van der Waals surface area contributed by atoms with Crippen LogP contribution in [-0.4, -0.2) is 39.6 Å². The monoisotopic (exact) mass is 391 g/mol. The van der Waals surface area contributed by atoms with Gasteiger partial charge in [-0.2, -0.15) is 4.98 Å². The Morgan fingerprint density at radius 1 is 1.00 bits per heavy atom. The third-order valence-electron chi connectivity index (χ3n) is 3.42. The number of aromatic nitrogens is 3. The van der Waals surface area contributed by atoms with Crippen LogP contribution >= 0.6 is 0 Å². The van der Waals surface area contributed by atoms with E-state index < -0.39 is 12.1 Å². The predicted octanol–water partition coefficient (Wildman–Crippen LogP) is 3.59. The third kappa shape index (κ3) is 5.30. The maximum absolute atomic E-state index is 12.6. The second-order valence-corrected chi connectivity index (χ2v) is 5.50. The third-order valence-corrected chi connectivity index (χ3v) is 3.42. The zero-order valence-corrected chi connectivity index (χ0v) is 14.4. The number of alkyl halides is 3. The summed E-state index contributed by atoms with van der Waals surface area (Å²) in [7, 11) is 0. The van der Waals surface area contributed by atoms with E-state index in [2.05, 4.69) is 30.3 Å². The van der Waals surface area contributed by atoms with Gasteiger partial charge in [0, 0.05) is 18.8 Å². The number of ether oxygens (including phenoxy) is 1. The fourth-order valence-electron chi connectivity index (χ4n) is 2.33. The molecule has 0 aliphatic rings. The quantitative estimate of drug-likeness (QED) is 0.567. The van der Waals surface area contributed by atoms with Gasteiger partial charge in [-0.1, -0.05) is 18.2 Å². The summed E-state index contributed by atoms with van der Waals surface area (Å²) in [6, 6.07) is 12.5. The summed E-state index contributed by atoms with van der Waals surface area (Å²) in [5.41, 5.74) is 1.09. The molecule has 2 aromatic heterocycles. The van der Waals surface area contributed by atoms with E-state index in [1.54, 1.807) is 36.5 Å². The number of halogens is 3. The van der Waals surface area contributed by atoms with Crippen molar-refractivity contribution in [3.05, 3.63) is 54.7 Å². The second-order valence-electron chi connectivity index (χ2n) is 5.50. The first-order chi connectivity index (χ1) is 13.4. The zero-order valence-electron chi connectivity index (χ0n) is 14.4. The molecule has 0 amide bonds. The number of rotatable bonds is 7. The normalized spacial score (nSPS) is 11.1. The topological polar surface area (TPSA) is 92.2 Å². The molecule has 0 bridgehead atoms. The molecule has 28 heavy (non-hydrogen) atoms. The van der Waals surface area contributed by atoms with E-state index in [-0.39, 0.29) is 30.6 Å². The Labute approximate surface area is 158 Å². The van der Waals surface area contributed by atoms with E-state index in [1.165, 1.54) is 18.2 Å². The van der Waals surface area contributed by atoms with Crippen molar-refractivity contribution in [1.82, 2.24) is 15.0 Å². The largest absolute Gasteiger partial charge is 0.573 e. The highest BCUT2D eigenvalue weighted by atomic mass is 19.4. The van der Waals surface area contributed by atoms with Crippen molar-refractivity contribution in [1.29, 1.82) is 0 Å². The first kappa shape index (κ1) is 19.4. The lowest BCUT2D eigenvalue weighted by atomic mass is 10.2. The van der Waals surface area contributed by atoms with Crippen LogP contribution in [0.2, 0.25) is 0 Å². The van der Waals surface area contributed by atoms with Gasteiger partial charge in [-0.3, -0.25) is 4.98 Å². The number of hydrogen-bond acceptors (Lipinski definition) is 7. The lowest BCUT2D eigenvalue weighted by Crippen LogP contribution is -2.18. The smallest absolute Gasteiger partial charge is 0.404 e. The SMILES string of the molecule is OCCNc1nc(Nc2ccccc2OC(F)(F)F)cc(-c2ccccn2)n1. The van der Waals surface area contributed by atoms with Gasteiger partial charge >= 0.3 is 6.36 Å². The minimum atomic E-state index is -4.82. The molecule has 0 atom stereocenters. The van der Waals surface area contributed by atoms with Crippen molar-refractivity contribution in [2.45, 2.75) is 6.36 Å². The number of hydrogen-bond donors (Lipinski definition) is 3. The highest BCUT2D eigenvalue weighted by molar-refractivity contribution is 5.68. The second kappa shape index (κ2) is 8.53. The van der Waals surface area contributed by atoms with Crippen molar-refractivity contribution in [3.63, 3.8) is 0 Å². The molecule has 0 aliphatic carbocycles.